The highest BCUT2D eigenvalue weighted by Gasteiger charge is 2.12. The molecule has 1 aromatic carbocycles. The third-order valence-corrected chi connectivity index (χ3v) is 4.54. The number of hydrogen-bond donors (Lipinski definition) is 1. The van der Waals surface area contributed by atoms with Crippen molar-refractivity contribution in [2.45, 2.75) is 13.0 Å². The van der Waals surface area contributed by atoms with Crippen LogP contribution in [0.2, 0.25) is 0 Å². The van der Waals surface area contributed by atoms with Crippen molar-refractivity contribution >= 4 is 26.7 Å². The van der Waals surface area contributed by atoms with E-state index in [0.717, 1.165) is 25.2 Å². The third kappa shape index (κ3) is 3.05. The van der Waals surface area contributed by atoms with Crippen LogP contribution in [0.15, 0.2) is 18.2 Å². The SMILES string of the molecule is CN1CCCN(Cc2ccc3nc(N)sc3c2)CC1. The van der Waals surface area contributed by atoms with Crippen LogP contribution in [0.25, 0.3) is 10.2 Å². The van der Waals surface area contributed by atoms with E-state index in [-0.39, 0.29) is 0 Å². The van der Waals surface area contributed by atoms with E-state index in [2.05, 4.69) is 40.0 Å². The largest absolute Gasteiger partial charge is 0.375 e. The van der Waals surface area contributed by atoms with Gasteiger partial charge in [0.25, 0.3) is 0 Å². The van der Waals surface area contributed by atoms with Crippen molar-refractivity contribution in [3.05, 3.63) is 23.8 Å². The highest BCUT2D eigenvalue weighted by Crippen LogP contribution is 2.25. The van der Waals surface area contributed by atoms with E-state index in [1.807, 2.05) is 0 Å². The average molecular weight is 276 g/mol. The molecule has 0 spiro atoms. The molecule has 0 amide bonds. The van der Waals surface area contributed by atoms with E-state index in [1.54, 1.807) is 11.3 Å². The molecule has 0 saturated carbocycles. The Kier molecular flexibility index (Phi) is 3.68. The van der Waals surface area contributed by atoms with E-state index in [1.165, 1.54) is 29.8 Å². The summed E-state index contributed by atoms with van der Waals surface area (Å²) in [5.41, 5.74) is 8.13. The summed E-state index contributed by atoms with van der Waals surface area (Å²) < 4.78 is 1.20. The number of rotatable bonds is 2. The van der Waals surface area contributed by atoms with Crippen LogP contribution in [0.1, 0.15) is 12.0 Å². The molecular weight excluding hydrogens is 256 g/mol. The summed E-state index contributed by atoms with van der Waals surface area (Å²) in [5.74, 6) is 0. The van der Waals surface area contributed by atoms with Crippen molar-refractivity contribution in [3.8, 4) is 0 Å². The molecule has 1 aliphatic rings. The first-order valence-corrected chi connectivity index (χ1v) is 7.58. The molecule has 4 nitrogen and oxygen atoms in total. The maximum Gasteiger partial charge on any atom is 0.181 e. The lowest BCUT2D eigenvalue weighted by atomic mass is 10.2. The number of thiazole rings is 1. The minimum atomic E-state index is 0.656. The molecule has 1 fully saturated rings. The fraction of sp³-hybridized carbons (Fsp3) is 0.500. The van der Waals surface area contributed by atoms with Crippen molar-refractivity contribution in [2.24, 2.45) is 0 Å². The lowest BCUT2D eigenvalue weighted by Crippen LogP contribution is -2.28. The molecule has 0 radical (unpaired) electrons. The normalized spacial score (nSPS) is 18.8. The van der Waals surface area contributed by atoms with Gasteiger partial charge in [0.2, 0.25) is 0 Å². The highest BCUT2D eigenvalue weighted by atomic mass is 32.1. The Balaban J connectivity index is 1.73. The fourth-order valence-corrected chi connectivity index (χ4v) is 3.40. The molecule has 3 rings (SSSR count). The van der Waals surface area contributed by atoms with Crippen molar-refractivity contribution in [1.82, 2.24) is 14.8 Å². The summed E-state index contributed by atoms with van der Waals surface area (Å²) in [6.07, 6.45) is 1.26. The Hall–Kier alpha value is -1.17. The molecular formula is C14H20N4S. The van der Waals surface area contributed by atoms with Gasteiger partial charge in [-0.1, -0.05) is 17.4 Å². The topological polar surface area (TPSA) is 45.4 Å². The maximum absolute atomic E-state index is 5.75. The van der Waals surface area contributed by atoms with Crippen LogP contribution in [0.4, 0.5) is 5.13 Å². The Bertz CT molecular complexity index is 566. The maximum atomic E-state index is 5.75. The van der Waals surface area contributed by atoms with Gasteiger partial charge in [0.1, 0.15) is 0 Å². The van der Waals surface area contributed by atoms with Gasteiger partial charge in [0.15, 0.2) is 5.13 Å². The zero-order chi connectivity index (χ0) is 13.2. The number of likely N-dealkylation sites (N-methyl/N-ethyl adjacent to an activating group) is 1. The Morgan fingerprint density at radius 2 is 2.16 bits per heavy atom. The van der Waals surface area contributed by atoms with Gasteiger partial charge in [-0.3, -0.25) is 4.90 Å². The predicted molar refractivity (Wildman–Crippen MR) is 81.4 cm³/mol. The summed E-state index contributed by atoms with van der Waals surface area (Å²) in [7, 11) is 2.20. The second-order valence-corrected chi connectivity index (χ2v) is 6.35. The van der Waals surface area contributed by atoms with Gasteiger partial charge in [-0.15, -0.1) is 0 Å². The molecule has 0 atom stereocenters. The fourth-order valence-electron chi connectivity index (χ4n) is 2.60. The van der Waals surface area contributed by atoms with Crippen LogP contribution in [-0.2, 0) is 6.54 Å². The number of hydrogen-bond acceptors (Lipinski definition) is 5. The molecule has 2 heterocycles. The molecule has 2 aromatic rings. The van der Waals surface area contributed by atoms with Crippen LogP contribution < -0.4 is 5.73 Å². The molecule has 5 heteroatoms. The van der Waals surface area contributed by atoms with Crippen LogP contribution in [0, 0.1) is 0 Å². The summed E-state index contributed by atoms with van der Waals surface area (Å²) in [6, 6.07) is 6.50. The molecule has 1 saturated heterocycles. The van der Waals surface area contributed by atoms with Crippen LogP contribution in [0.5, 0.6) is 0 Å². The molecule has 1 aromatic heterocycles. The van der Waals surface area contributed by atoms with Gasteiger partial charge in [0, 0.05) is 19.6 Å². The highest BCUT2D eigenvalue weighted by molar-refractivity contribution is 7.22. The van der Waals surface area contributed by atoms with Crippen LogP contribution in [-0.4, -0.2) is 48.0 Å². The number of aromatic nitrogens is 1. The third-order valence-electron chi connectivity index (χ3n) is 3.69. The smallest absolute Gasteiger partial charge is 0.181 e. The molecule has 0 unspecified atom stereocenters. The van der Waals surface area contributed by atoms with Crippen molar-refractivity contribution in [3.63, 3.8) is 0 Å². The Labute approximate surface area is 117 Å². The number of nitrogens with zero attached hydrogens (tertiary/aromatic N) is 3. The first kappa shape index (κ1) is 12.8. The zero-order valence-electron chi connectivity index (χ0n) is 11.3. The first-order chi connectivity index (χ1) is 9.20. The molecule has 2 N–H and O–H groups in total. The van der Waals surface area contributed by atoms with Crippen molar-refractivity contribution < 1.29 is 0 Å². The Morgan fingerprint density at radius 3 is 3.05 bits per heavy atom. The Morgan fingerprint density at radius 1 is 1.26 bits per heavy atom. The molecule has 1 aliphatic heterocycles. The summed E-state index contributed by atoms with van der Waals surface area (Å²) >= 11 is 1.57. The second-order valence-electron chi connectivity index (χ2n) is 5.29. The van der Waals surface area contributed by atoms with Crippen LogP contribution >= 0.6 is 11.3 Å². The summed E-state index contributed by atoms with van der Waals surface area (Å²) in [6.45, 7) is 5.74. The average Bonchev–Trinajstić information content (AvgIpc) is 2.62. The minimum absolute atomic E-state index is 0.656. The van der Waals surface area contributed by atoms with E-state index >= 15 is 0 Å². The van der Waals surface area contributed by atoms with Gasteiger partial charge >= 0.3 is 0 Å². The number of fused-ring (bicyclic) bond motifs is 1. The molecule has 19 heavy (non-hydrogen) atoms. The van der Waals surface area contributed by atoms with Crippen molar-refractivity contribution in [2.75, 3.05) is 39.0 Å². The number of benzene rings is 1. The van der Waals surface area contributed by atoms with Crippen molar-refractivity contribution in [1.29, 1.82) is 0 Å². The summed E-state index contributed by atoms with van der Waals surface area (Å²) in [5, 5.41) is 0.656. The number of nitrogens with two attached hydrogens (primary N) is 1. The first-order valence-electron chi connectivity index (χ1n) is 6.76. The number of anilines is 1. The van der Waals surface area contributed by atoms with Gasteiger partial charge in [-0.05, 0) is 44.3 Å². The second kappa shape index (κ2) is 5.45. The molecule has 102 valence electrons. The van der Waals surface area contributed by atoms with Gasteiger partial charge in [-0.25, -0.2) is 4.98 Å². The van der Waals surface area contributed by atoms with Gasteiger partial charge in [-0.2, -0.15) is 0 Å². The molecule has 0 aliphatic carbocycles. The zero-order valence-corrected chi connectivity index (χ0v) is 12.1. The van der Waals surface area contributed by atoms with E-state index in [0.29, 0.717) is 5.13 Å². The standard InChI is InChI=1S/C14H20N4S/c1-17-5-2-6-18(8-7-17)10-11-3-4-12-13(9-11)19-14(15)16-12/h3-4,9H,2,5-8,10H2,1H3,(H2,15,16). The predicted octanol–water partition coefficient (Wildman–Crippen LogP) is 2.02. The molecule has 0 bridgehead atoms. The summed E-state index contributed by atoms with van der Waals surface area (Å²) in [4.78, 5) is 9.25. The van der Waals surface area contributed by atoms with E-state index < -0.39 is 0 Å². The van der Waals surface area contributed by atoms with Gasteiger partial charge < -0.3 is 10.6 Å². The number of nitrogen functional groups attached to an aromatic ring is 1. The lowest BCUT2D eigenvalue weighted by molar-refractivity contribution is 0.269. The monoisotopic (exact) mass is 276 g/mol. The van der Waals surface area contributed by atoms with Crippen LogP contribution in [0.3, 0.4) is 0 Å². The van der Waals surface area contributed by atoms with Gasteiger partial charge in [0.05, 0.1) is 10.2 Å². The van der Waals surface area contributed by atoms with E-state index in [4.69, 9.17) is 5.73 Å². The lowest BCUT2D eigenvalue weighted by Gasteiger charge is -2.20. The van der Waals surface area contributed by atoms with E-state index in [9.17, 15) is 0 Å². The quantitative estimate of drug-likeness (QED) is 0.911. The minimum Gasteiger partial charge on any atom is -0.375 e.